The van der Waals surface area contributed by atoms with E-state index < -0.39 is 0 Å². The lowest BCUT2D eigenvalue weighted by atomic mass is 10.1. The van der Waals surface area contributed by atoms with Crippen molar-refractivity contribution >= 4 is 33.2 Å². The van der Waals surface area contributed by atoms with Gasteiger partial charge in [0.25, 0.3) is 0 Å². The molecule has 0 bridgehead atoms. The lowest BCUT2D eigenvalue weighted by molar-refractivity contribution is -0.121. The van der Waals surface area contributed by atoms with Crippen molar-refractivity contribution in [3.8, 4) is 0 Å². The Morgan fingerprint density at radius 1 is 1.56 bits per heavy atom. The third-order valence-electron chi connectivity index (χ3n) is 3.50. The van der Waals surface area contributed by atoms with Crippen LogP contribution in [0.2, 0.25) is 0 Å². The number of nitrogens with two attached hydrogens (primary N) is 1. The number of halogens is 1. The molecule has 1 aliphatic rings. The van der Waals surface area contributed by atoms with Crippen molar-refractivity contribution in [1.29, 1.82) is 0 Å². The minimum atomic E-state index is 0.158. The molecule has 1 aromatic rings. The number of carbonyl (C=O) groups is 1. The van der Waals surface area contributed by atoms with Crippen molar-refractivity contribution in [3.63, 3.8) is 0 Å². The first-order valence-electron chi connectivity index (χ1n) is 6.33. The Hall–Kier alpha value is -0.390. The molecule has 0 radical (unpaired) electrons. The molecule has 1 saturated carbocycles. The SMILES string of the molecule is NCC1(CNC(=O)CCCc2cc(Br)cs2)CC1. The Morgan fingerprint density at radius 3 is 2.89 bits per heavy atom. The molecular formula is C13H19BrN2OS. The zero-order valence-corrected chi connectivity index (χ0v) is 12.8. The Kier molecular flexibility index (Phi) is 4.81. The van der Waals surface area contributed by atoms with Crippen molar-refractivity contribution in [1.82, 2.24) is 5.32 Å². The standard InChI is InChI=1S/C13H19BrN2OS/c14-10-6-11(18-7-10)2-1-3-12(17)16-9-13(8-15)4-5-13/h6-7H,1-5,8-9,15H2,(H,16,17). The predicted octanol–water partition coefficient (Wildman–Crippen LogP) is 2.69. The van der Waals surface area contributed by atoms with E-state index >= 15 is 0 Å². The molecule has 1 aliphatic carbocycles. The number of amides is 1. The van der Waals surface area contributed by atoms with Crippen LogP contribution in [0.15, 0.2) is 15.9 Å². The van der Waals surface area contributed by atoms with Crippen LogP contribution in [0.4, 0.5) is 0 Å². The highest BCUT2D eigenvalue weighted by Gasteiger charge is 2.41. The molecule has 0 spiro atoms. The summed E-state index contributed by atoms with van der Waals surface area (Å²) in [4.78, 5) is 13.0. The van der Waals surface area contributed by atoms with Crippen molar-refractivity contribution in [2.45, 2.75) is 32.1 Å². The number of thiophene rings is 1. The second-order valence-corrected chi connectivity index (χ2v) is 6.98. The molecule has 2 rings (SSSR count). The minimum Gasteiger partial charge on any atom is -0.355 e. The van der Waals surface area contributed by atoms with E-state index in [1.165, 1.54) is 4.88 Å². The van der Waals surface area contributed by atoms with Gasteiger partial charge in [-0.05, 0) is 59.6 Å². The van der Waals surface area contributed by atoms with E-state index in [2.05, 4.69) is 32.7 Å². The van der Waals surface area contributed by atoms with E-state index in [1.54, 1.807) is 11.3 Å². The third kappa shape index (κ3) is 4.07. The Morgan fingerprint density at radius 2 is 2.33 bits per heavy atom. The van der Waals surface area contributed by atoms with Crippen molar-refractivity contribution in [2.75, 3.05) is 13.1 Å². The maximum Gasteiger partial charge on any atom is 0.220 e. The van der Waals surface area contributed by atoms with Gasteiger partial charge in [-0.3, -0.25) is 4.79 Å². The molecule has 0 atom stereocenters. The largest absolute Gasteiger partial charge is 0.355 e. The number of rotatable bonds is 7. The molecule has 1 amide bonds. The molecule has 1 heterocycles. The fourth-order valence-corrected chi connectivity index (χ4v) is 3.41. The summed E-state index contributed by atoms with van der Waals surface area (Å²) in [6.45, 7) is 1.45. The van der Waals surface area contributed by atoms with Gasteiger partial charge in [0.15, 0.2) is 0 Å². The van der Waals surface area contributed by atoms with E-state index in [-0.39, 0.29) is 11.3 Å². The normalized spacial score (nSPS) is 16.6. The van der Waals surface area contributed by atoms with Crippen molar-refractivity contribution in [3.05, 3.63) is 20.8 Å². The van der Waals surface area contributed by atoms with Gasteiger partial charge in [-0.25, -0.2) is 0 Å². The molecule has 0 saturated heterocycles. The fourth-order valence-electron chi connectivity index (χ4n) is 1.91. The van der Waals surface area contributed by atoms with Gasteiger partial charge < -0.3 is 11.1 Å². The Balaban J connectivity index is 1.60. The van der Waals surface area contributed by atoms with Crippen LogP contribution in [-0.2, 0) is 11.2 Å². The van der Waals surface area contributed by atoms with Gasteiger partial charge in [0.2, 0.25) is 5.91 Å². The zero-order chi connectivity index (χ0) is 13.0. The van der Waals surface area contributed by atoms with Crippen LogP contribution >= 0.6 is 27.3 Å². The molecule has 18 heavy (non-hydrogen) atoms. The van der Waals surface area contributed by atoms with Gasteiger partial charge in [0.05, 0.1) is 0 Å². The average molecular weight is 331 g/mol. The summed E-state index contributed by atoms with van der Waals surface area (Å²) in [6.07, 6.45) is 4.82. The van der Waals surface area contributed by atoms with E-state index in [4.69, 9.17) is 5.73 Å². The molecule has 5 heteroatoms. The Bertz CT molecular complexity index is 415. The highest BCUT2D eigenvalue weighted by molar-refractivity contribution is 9.10. The summed E-state index contributed by atoms with van der Waals surface area (Å²) in [5, 5.41) is 5.08. The molecular weight excluding hydrogens is 312 g/mol. The van der Waals surface area contributed by atoms with Crippen molar-refractivity contribution < 1.29 is 4.79 Å². The smallest absolute Gasteiger partial charge is 0.220 e. The number of nitrogens with one attached hydrogen (secondary N) is 1. The first-order valence-corrected chi connectivity index (χ1v) is 8.00. The molecule has 3 N–H and O–H groups in total. The van der Waals surface area contributed by atoms with E-state index in [9.17, 15) is 4.79 Å². The van der Waals surface area contributed by atoms with Crippen molar-refractivity contribution in [2.24, 2.45) is 11.1 Å². The van der Waals surface area contributed by atoms with Gasteiger partial charge in [-0.15, -0.1) is 11.3 Å². The quantitative estimate of drug-likeness (QED) is 0.807. The second-order valence-electron chi connectivity index (χ2n) is 5.07. The summed E-state index contributed by atoms with van der Waals surface area (Å²) in [7, 11) is 0. The summed E-state index contributed by atoms with van der Waals surface area (Å²) < 4.78 is 1.13. The number of hydrogen-bond donors (Lipinski definition) is 2. The van der Waals surface area contributed by atoms with Crippen LogP contribution in [-0.4, -0.2) is 19.0 Å². The van der Waals surface area contributed by atoms with Crippen LogP contribution in [0.1, 0.15) is 30.6 Å². The van der Waals surface area contributed by atoms with Crippen LogP contribution in [0.5, 0.6) is 0 Å². The van der Waals surface area contributed by atoms with Gasteiger partial charge in [-0.1, -0.05) is 0 Å². The first-order chi connectivity index (χ1) is 8.63. The average Bonchev–Trinajstić information content (AvgIpc) is 3.04. The lowest BCUT2D eigenvalue weighted by Crippen LogP contribution is -2.33. The molecule has 3 nitrogen and oxygen atoms in total. The van der Waals surface area contributed by atoms with Gasteiger partial charge in [0, 0.05) is 27.7 Å². The molecule has 0 aromatic carbocycles. The summed E-state index contributed by atoms with van der Waals surface area (Å²) in [6, 6.07) is 2.12. The van der Waals surface area contributed by atoms with Crippen LogP contribution < -0.4 is 11.1 Å². The summed E-state index contributed by atoms with van der Waals surface area (Å²) in [5.41, 5.74) is 5.91. The molecule has 0 aliphatic heterocycles. The summed E-state index contributed by atoms with van der Waals surface area (Å²) >= 11 is 5.17. The fraction of sp³-hybridized carbons (Fsp3) is 0.615. The van der Waals surface area contributed by atoms with Gasteiger partial charge in [-0.2, -0.15) is 0 Å². The third-order valence-corrected chi connectivity index (χ3v) is 5.26. The molecule has 0 unspecified atom stereocenters. The topological polar surface area (TPSA) is 55.1 Å². The van der Waals surface area contributed by atoms with Crippen LogP contribution in [0, 0.1) is 5.41 Å². The molecule has 100 valence electrons. The molecule has 1 aromatic heterocycles. The van der Waals surface area contributed by atoms with E-state index in [0.29, 0.717) is 13.0 Å². The first kappa shape index (κ1) is 14.0. The van der Waals surface area contributed by atoms with Crippen LogP contribution in [0.3, 0.4) is 0 Å². The van der Waals surface area contributed by atoms with E-state index in [0.717, 1.165) is 36.7 Å². The van der Waals surface area contributed by atoms with Gasteiger partial charge >= 0.3 is 0 Å². The van der Waals surface area contributed by atoms with Crippen LogP contribution in [0.25, 0.3) is 0 Å². The highest BCUT2D eigenvalue weighted by atomic mass is 79.9. The van der Waals surface area contributed by atoms with E-state index in [1.807, 2.05) is 0 Å². The maximum atomic E-state index is 11.7. The predicted molar refractivity (Wildman–Crippen MR) is 78.7 cm³/mol. The number of aryl methyl sites for hydroxylation is 1. The van der Waals surface area contributed by atoms with Gasteiger partial charge in [0.1, 0.15) is 0 Å². The number of hydrogen-bond acceptors (Lipinski definition) is 3. The second kappa shape index (κ2) is 6.17. The monoisotopic (exact) mass is 330 g/mol. The molecule has 1 fully saturated rings. The number of carbonyl (C=O) groups excluding carboxylic acids is 1. The summed E-state index contributed by atoms with van der Waals surface area (Å²) in [5.74, 6) is 0.158. The highest BCUT2D eigenvalue weighted by Crippen LogP contribution is 2.43. The zero-order valence-electron chi connectivity index (χ0n) is 10.4. The lowest BCUT2D eigenvalue weighted by Gasteiger charge is -2.13. The maximum absolute atomic E-state index is 11.7. The minimum absolute atomic E-state index is 0.158. The Labute approximate surface area is 120 Å².